The van der Waals surface area contributed by atoms with Crippen LogP contribution in [0.4, 0.5) is 17.6 Å². The third-order valence-corrected chi connectivity index (χ3v) is 3.11. The lowest BCUT2D eigenvalue weighted by Crippen LogP contribution is -2.04. The van der Waals surface area contributed by atoms with Gasteiger partial charge in [-0.3, -0.25) is 4.79 Å². The summed E-state index contributed by atoms with van der Waals surface area (Å²) in [7, 11) is 0. The molecule has 0 aromatic heterocycles. The molecule has 0 spiro atoms. The van der Waals surface area contributed by atoms with Crippen molar-refractivity contribution in [2.45, 2.75) is 19.8 Å². The molecule has 0 radical (unpaired) electrons. The van der Waals surface area contributed by atoms with Gasteiger partial charge in [0.05, 0.1) is 0 Å². The highest BCUT2D eigenvalue weighted by molar-refractivity contribution is 8.13. The summed E-state index contributed by atoms with van der Waals surface area (Å²) in [4.78, 5) is 10.6. The lowest BCUT2D eigenvalue weighted by Gasteiger charge is -2.08. The van der Waals surface area contributed by atoms with Crippen molar-refractivity contribution in [1.29, 1.82) is 0 Å². The smallest absolute Gasteiger partial charge is 0.203 e. The zero-order valence-electron chi connectivity index (χ0n) is 9.40. The molecule has 0 bridgehead atoms. The number of benzene rings is 1. The van der Waals surface area contributed by atoms with Gasteiger partial charge in [0.2, 0.25) is 11.6 Å². The van der Waals surface area contributed by atoms with Crippen molar-refractivity contribution in [3.63, 3.8) is 0 Å². The SMILES string of the molecule is CC(=O)SCCCc1c(F)c(F)c(O)c(F)c1F. The molecular formula is C11H10F4O2S. The van der Waals surface area contributed by atoms with Gasteiger partial charge in [-0.2, -0.15) is 8.78 Å². The Bertz CT molecular complexity index is 448. The van der Waals surface area contributed by atoms with E-state index in [4.69, 9.17) is 5.11 Å². The van der Waals surface area contributed by atoms with Crippen LogP contribution in [0.3, 0.4) is 0 Å². The van der Waals surface area contributed by atoms with Crippen molar-refractivity contribution in [1.82, 2.24) is 0 Å². The molecule has 1 aromatic rings. The van der Waals surface area contributed by atoms with Crippen LogP contribution in [-0.2, 0) is 11.2 Å². The highest BCUT2D eigenvalue weighted by atomic mass is 32.2. The summed E-state index contributed by atoms with van der Waals surface area (Å²) in [5.41, 5.74) is -0.757. The fraction of sp³-hybridized carbons (Fsp3) is 0.364. The topological polar surface area (TPSA) is 37.3 Å². The lowest BCUT2D eigenvalue weighted by atomic mass is 10.1. The van der Waals surface area contributed by atoms with Crippen molar-refractivity contribution >= 4 is 16.9 Å². The molecule has 1 aromatic carbocycles. The lowest BCUT2D eigenvalue weighted by molar-refractivity contribution is -0.109. The Labute approximate surface area is 105 Å². The van der Waals surface area contributed by atoms with E-state index in [1.54, 1.807) is 0 Å². The number of phenolic OH excluding ortho intramolecular Hbond substituents is 1. The Kier molecular flexibility index (Phi) is 5.01. The number of carbonyl (C=O) groups excluding carboxylic acids is 1. The predicted octanol–water partition coefficient (Wildman–Crippen LogP) is 3.16. The maximum absolute atomic E-state index is 13.3. The van der Waals surface area contributed by atoms with Crippen LogP contribution < -0.4 is 0 Å². The highest BCUT2D eigenvalue weighted by Crippen LogP contribution is 2.29. The summed E-state index contributed by atoms with van der Waals surface area (Å²) in [5.74, 6) is -8.17. The Morgan fingerprint density at radius 3 is 2.06 bits per heavy atom. The molecule has 0 aliphatic rings. The first kappa shape index (κ1) is 14.8. The second-order valence-corrected chi connectivity index (χ2v) is 4.80. The number of phenols is 1. The molecule has 0 saturated carbocycles. The average Bonchev–Trinajstić information content (AvgIpc) is 2.32. The standard InChI is InChI=1S/C11H10F4O2S/c1-5(16)18-4-2-3-6-7(12)9(14)11(17)10(15)8(6)13/h17H,2-4H2,1H3. The van der Waals surface area contributed by atoms with Crippen LogP contribution in [0.15, 0.2) is 0 Å². The van der Waals surface area contributed by atoms with E-state index in [-0.39, 0.29) is 18.0 Å². The van der Waals surface area contributed by atoms with E-state index in [0.717, 1.165) is 11.8 Å². The molecule has 0 aliphatic carbocycles. The van der Waals surface area contributed by atoms with Gasteiger partial charge < -0.3 is 5.11 Å². The van der Waals surface area contributed by atoms with Crippen LogP contribution >= 0.6 is 11.8 Å². The van der Waals surface area contributed by atoms with Gasteiger partial charge in [0, 0.05) is 18.2 Å². The Hall–Kier alpha value is -1.24. The van der Waals surface area contributed by atoms with Gasteiger partial charge in [-0.1, -0.05) is 11.8 Å². The fourth-order valence-electron chi connectivity index (χ4n) is 1.35. The van der Waals surface area contributed by atoms with Crippen LogP contribution in [0.25, 0.3) is 0 Å². The normalized spacial score (nSPS) is 10.7. The molecule has 18 heavy (non-hydrogen) atoms. The number of aromatic hydroxyl groups is 1. The maximum Gasteiger partial charge on any atom is 0.203 e. The van der Waals surface area contributed by atoms with Crippen molar-refractivity contribution in [2.24, 2.45) is 0 Å². The molecule has 2 nitrogen and oxygen atoms in total. The first-order valence-electron chi connectivity index (χ1n) is 5.03. The minimum Gasteiger partial charge on any atom is -0.503 e. The Morgan fingerprint density at radius 2 is 1.61 bits per heavy atom. The van der Waals surface area contributed by atoms with Gasteiger partial charge in [-0.05, 0) is 12.8 Å². The molecule has 0 saturated heterocycles. The summed E-state index contributed by atoms with van der Waals surface area (Å²) >= 11 is 0.953. The minimum atomic E-state index is -1.80. The van der Waals surface area contributed by atoms with Crippen molar-refractivity contribution in [3.8, 4) is 5.75 Å². The van der Waals surface area contributed by atoms with Gasteiger partial charge in [0.1, 0.15) is 0 Å². The van der Waals surface area contributed by atoms with E-state index in [0.29, 0.717) is 5.75 Å². The molecule has 0 unspecified atom stereocenters. The zero-order chi connectivity index (χ0) is 13.9. The molecule has 100 valence electrons. The summed E-state index contributed by atoms with van der Waals surface area (Å²) in [6.45, 7) is 1.34. The van der Waals surface area contributed by atoms with Crippen LogP contribution in [0.1, 0.15) is 18.9 Å². The molecule has 7 heteroatoms. The number of thioether (sulfide) groups is 1. The molecule has 0 fully saturated rings. The number of halogens is 4. The van der Waals surface area contributed by atoms with Crippen LogP contribution in [0.2, 0.25) is 0 Å². The molecule has 0 amide bonds. The average molecular weight is 282 g/mol. The molecule has 1 rings (SSSR count). The molecular weight excluding hydrogens is 272 g/mol. The summed E-state index contributed by atoms with van der Waals surface area (Å²) in [5, 5.41) is 8.60. The van der Waals surface area contributed by atoms with E-state index in [9.17, 15) is 22.4 Å². The molecule has 0 atom stereocenters. The third kappa shape index (κ3) is 3.16. The van der Waals surface area contributed by atoms with Crippen molar-refractivity contribution in [3.05, 3.63) is 28.8 Å². The fourth-order valence-corrected chi connectivity index (χ4v) is 1.93. The molecule has 0 aliphatic heterocycles. The molecule has 0 heterocycles. The number of hydrogen-bond acceptors (Lipinski definition) is 3. The summed E-state index contributed by atoms with van der Waals surface area (Å²) < 4.78 is 52.5. The van der Waals surface area contributed by atoms with Crippen molar-refractivity contribution < 1.29 is 27.5 Å². The van der Waals surface area contributed by atoms with E-state index >= 15 is 0 Å². The number of rotatable bonds is 4. The largest absolute Gasteiger partial charge is 0.503 e. The summed E-state index contributed by atoms with van der Waals surface area (Å²) in [6.07, 6.45) is -0.0756. The number of hydrogen-bond donors (Lipinski definition) is 1. The van der Waals surface area contributed by atoms with Crippen molar-refractivity contribution in [2.75, 3.05) is 5.75 Å². The second-order valence-electron chi connectivity index (χ2n) is 3.53. The van der Waals surface area contributed by atoms with Gasteiger partial charge >= 0.3 is 0 Å². The third-order valence-electron chi connectivity index (χ3n) is 2.21. The van der Waals surface area contributed by atoms with E-state index in [1.165, 1.54) is 6.92 Å². The highest BCUT2D eigenvalue weighted by Gasteiger charge is 2.24. The van der Waals surface area contributed by atoms with Gasteiger partial charge in [0.25, 0.3) is 0 Å². The summed E-state index contributed by atoms with van der Waals surface area (Å²) in [6, 6.07) is 0. The van der Waals surface area contributed by atoms with Gasteiger partial charge in [-0.15, -0.1) is 0 Å². The first-order chi connectivity index (χ1) is 8.36. The quantitative estimate of drug-likeness (QED) is 0.523. The van der Waals surface area contributed by atoms with Gasteiger partial charge in [-0.25, -0.2) is 8.78 Å². The minimum absolute atomic E-state index is 0.154. The zero-order valence-corrected chi connectivity index (χ0v) is 10.2. The monoisotopic (exact) mass is 282 g/mol. The maximum atomic E-state index is 13.3. The van der Waals surface area contributed by atoms with Crippen LogP contribution in [0.5, 0.6) is 5.75 Å². The first-order valence-corrected chi connectivity index (χ1v) is 6.02. The number of carbonyl (C=O) groups is 1. The second kappa shape index (κ2) is 6.08. The van der Waals surface area contributed by atoms with E-state index < -0.39 is 34.6 Å². The van der Waals surface area contributed by atoms with E-state index in [2.05, 4.69) is 0 Å². The predicted molar refractivity (Wildman–Crippen MR) is 59.4 cm³/mol. The van der Waals surface area contributed by atoms with E-state index in [1.807, 2.05) is 0 Å². The Balaban J connectivity index is 2.86. The Morgan fingerprint density at radius 1 is 1.11 bits per heavy atom. The van der Waals surface area contributed by atoms with Crippen LogP contribution in [0, 0.1) is 23.3 Å². The van der Waals surface area contributed by atoms with Gasteiger partial charge in [0.15, 0.2) is 22.5 Å². The van der Waals surface area contributed by atoms with Crippen LogP contribution in [-0.4, -0.2) is 16.0 Å². The molecule has 1 N–H and O–H groups in total.